The molecule has 0 aliphatic rings. The minimum absolute atomic E-state index is 0.133. The Morgan fingerprint density at radius 3 is 2.68 bits per heavy atom. The Hall–Kier alpha value is -2.19. The third kappa shape index (κ3) is 6.67. The number of aryl methyl sites for hydroxylation is 1. The SMILES string of the molecule is Cc1cc(Br)ccc1NC(=O)CNC(=O)COC(=O)Cc1cccs1. The Kier molecular flexibility index (Phi) is 7.15. The van der Waals surface area contributed by atoms with Crippen LogP contribution < -0.4 is 10.6 Å². The number of halogens is 1. The number of ether oxygens (including phenoxy) is 1. The van der Waals surface area contributed by atoms with Crippen LogP contribution in [-0.2, 0) is 25.5 Å². The molecule has 25 heavy (non-hydrogen) atoms. The van der Waals surface area contributed by atoms with Gasteiger partial charge in [-0.3, -0.25) is 14.4 Å². The lowest BCUT2D eigenvalue weighted by atomic mass is 10.2. The minimum atomic E-state index is -0.526. The molecule has 0 spiro atoms. The number of hydrogen-bond donors (Lipinski definition) is 2. The van der Waals surface area contributed by atoms with E-state index >= 15 is 0 Å². The van der Waals surface area contributed by atoms with Crippen molar-refractivity contribution in [3.63, 3.8) is 0 Å². The highest BCUT2D eigenvalue weighted by Gasteiger charge is 2.11. The molecule has 2 N–H and O–H groups in total. The van der Waals surface area contributed by atoms with Gasteiger partial charge in [0.1, 0.15) is 0 Å². The van der Waals surface area contributed by atoms with Gasteiger partial charge in [0.15, 0.2) is 6.61 Å². The largest absolute Gasteiger partial charge is 0.455 e. The van der Waals surface area contributed by atoms with Crippen LogP contribution >= 0.6 is 27.3 Å². The molecule has 0 aliphatic carbocycles. The number of thiophene rings is 1. The van der Waals surface area contributed by atoms with Crippen molar-refractivity contribution in [2.24, 2.45) is 0 Å². The van der Waals surface area contributed by atoms with Gasteiger partial charge in [-0.25, -0.2) is 0 Å². The molecule has 1 aromatic heterocycles. The van der Waals surface area contributed by atoms with Crippen molar-refractivity contribution in [3.05, 3.63) is 50.6 Å². The first-order valence-electron chi connectivity index (χ1n) is 7.45. The molecule has 0 aliphatic heterocycles. The Morgan fingerprint density at radius 1 is 1.20 bits per heavy atom. The molecule has 0 bridgehead atoms. The predicted molar refractivity (Wildman–Crippen MR) is 99.5 cm³/mol. The minimum Gasteiger partial charge on any atom is -0.455 e. The summed E-state index contributed by atoms with van der Waals surface area (Å²) in [7, 11) is 0. The van der Waals surface area contributed by atoms with Crippen molar-refractivity contribution < 1.29 is 19.1 Å². The molecule has 1 aromatic carbocycles. The number of amides is 2. The second kappa shape index (κ2) is 9.33. The van der Waals surface area contributed by atoms with E-state index in [2.05, 4.69) is 26.6 Å². The fraction of sp³-hybridized carbons (Fsp3) is 0.235. The van der Waals surface area contributed by atoms with Gasteiger partial charge >= 0.3 is 5.97 Å². The monoisotopic (exact) mass is 424 g/mol. The van der Waals surface area contributed by atoms with Gasteiger partial charge in [0.05, 0.1) is 13.0 Å². The van der Waals surface area contributed by atoms with Crippen LogP contribution in [0.4, 0.5) is 5.69 Å². The number of hydrogen-bond acceptors (Lipinski definition) is 5. The van der Waals surface area contributed by atoms with E-state index in [1.165, 1.54) is 11.3 Å². The zero-order valence-electron chi connectivity index (χ0n) is 13.5. The molecule has 1 heterocycles. The summed E-state index contributed by atoms with van der Waals surface area (Å²) in [5, 5.41) is 6.98. The number of nitrogens with one attached hydrogen (secondary N) is 2. The summed E-state index contributed by atoms with van der Waals surface area (Å²) in [4.78, 5) is 36.0. The quantitative estimate of drug-likeness (QED) is 0.669. The van der Waals surface area contributed by atoms with E-state index in [0.29, 0.717) is 5.69 Å². The first-order chi connectivity index (χ1) is 11.9. The summed E-state index contributed by atoms with van der Waals surface area (Å²) in [6.07, 6.45) is 0.133. The fourth-order valence-corrected chi connectivity index (χ4v) is 3.11. The Morgan fingerprint density at radius 2 is 2.00 bits per heavy atom. The van der Waals surface area contributed by atoms with Crippen molar-refractivity contribution in [3.8, 4) is 0 Å². The number of anilines is 1. The predicted octanol–water partition coefficient (Wildman–Crippen LogP) is 2.66. The Labute approximate surface area is 157 Å². The number of rotatable bonds is 7. The second-order valence-electron chi connectivity index (χ2n) is 5.20. The molecule has 0 saturated heterocycles. The summed E-state index contributed by atoms with van der Waals surface area (Å²) in [5.74, 6) is -1.36. The smallest absolute Gasteiger partial charge is 0.311 e. The molecule has 2 rings (SSSR count). The molecule has 6 nitrogen and oxygen atoms in total. The van der Waals surface area contributed by atoms with Crippen LogP contribution in [-0.4, -0.2) is 30.9 Å². The van der Waals surface area contributed by atoms with E-state index in [1.807, 2.05) is 36.6 Å². The second-order valence-corrected chi connectivity index (χ2v) is 7.15. The van der Waals surface area contributed by atoms with Crippen molar-refractivity contribution in [2.75, 3.05) is 18.5 Å². The molecule has 132 valence electrons. The average Bonchev–Trinajstić information content (AvgIpc) is 3.06. The van der Waals surface area contributed by atoms with Gasteiger partial charge in [0, 0.05) is 15.0 Å². The van der Waals surface area contributed by atoms with Crippen LogP contribution in [0.25, 0.3) is 0 Å². The van der Waals surface area contributed by atoms with E-state index in [9.17, 15) is 14.4 Å². The van der Waals surface area contributed by atoms with Crippen molar-refractivity contribution in [1.82, 2.24) is 5.32 Å². The van der Waals surface area contributed by atoms with Gasteiger partial charge < -0.3 is 15.4 Å². The first kappa shape index (κ1) is 19.1. The third-order valence-corrected chi connectivity index (χ3v) is 4.54. The summed E-state index contributed by atoms with van der Waals surface area (Å²) >= 11 is 4.79. The van der Waals surface area contributed by atoms with E-state index in [0.717, 1.165) is 14.9 Å². The van der Waals surface area contributed by atoms with Gasteiger partial charge in [-0.15, -0.1) is 11.3 Å². The highest BCUT2D eigenvalue weighted by molar-refractivity contribution is 9.10. The molecule has 0 unspecified atom stereocenters. The van der Waals surface area contributed by atoms with E-state index in [4.69, 9.17) is 4.74 Å². The van der Waals surface area contributed by atoms with Crippen LogP contribution in [0.2, 0.25) is 0 Å². The maximum atomic E-state index is 11.9. The van der Waals surface area contributed by atoms with Gasteiger partial charge in [0.2, 0.25) is 5.91 Å². The van der Waals surface area contributed by atoms with Gasteiger partial charge in [-0.2, -0.15) is 0 Å². The van der Waals surface area contributed by atoms with Crippen LogP contribution in [0.1, 0.15) is 10.4 Å². The molecular weight excluding hydrogens is 408 g/mol. The first-order valence-corrected chi connectivity index (χ1v) is 9.12. The highest BCUT2D eigenvalue weighted by atomic mass is 79.9. The number of esters is 1. The molecule has 2 aromatic rings. The molecule has 2 amide bonds. The lowest BCUT2D eigenvalue weighted by molar-refractivity contribution is -0.147. The van der Waals surface area contributed by atoms with E-state index in [-0.39, 0.29) is 18.9 Å². The average molecular weight is 425 g/mol. The lowest BCUT2D eigenvalue weighted by Crippen LogP contribution is -2.35. The van der Waals surface area contributed by atoms with E-state index < -0.39 is 18.5 Å². The van der Waals surface area contributed by atoms with Gasteiger partial charge in [0.25, 0.3) is 5.91 Å². The van der Waals surface area contributed by atoms with E-state index in [1.54, 1.807) is 6.07 Å². The standard InChI is InChI=1S/C17H17BrN2O4S/c1-11-7-12(18)4-5-14(11)20-15(21)9-19-16(22)10-24-17(23)8-13-3-2-6-25-13/h2-7H,8-10H2,1H3,(H,19,22)(H,20,21). The van der Waals surface area contributed by atoms with Crippen molar-refractivity contribution in [1.29, 1.82) is 0 Å². The number of benzene rings is 1. The summed E-state index contributed by atoms with van der Waals surface area (Å²) in [5.41, 5.74) is 1.57. The zero-order chi connectivity index (χ0) is 18.2. The van der Waals surface area contributed by atoms with Gasteiger partial charge in [-0.1, -0.05) is 22.0 Å². The third-order valence-electron chi connectivity index (χ3n) is 3.17. The van der Waals surface area contributed by atoms with Crippen molar-refractivity contribution >= 4 is 50.7 Å². The molecular formula is C17H17BrN2O4S. The Bertz CT molecular complexity index is 762. The number of carbonyl (C=O) groups excluding carboxylic acids is 3. The Balaban J connectivity index is 1.68. The van der Waals surface area contributed by atoms with Crippen LogP contribution in [0.5, 0.6) is 0 Å². The molecule has 0 fully saturated rings. The van der Waals surface area contributed by atoms with Crippen molar-refractivity contribution in [2.45, 2.75) is 13.3 Å². The topological polar surface area (TPSA) is 84.5 Å². The van der Waals surface area contributed by atoms with Crippen LogP contribution in [0, 0.1) is 6.92 Å². The molecule has 0 saturated carbocycles. The molecule has 0 radical (unpaired) electrons. The fourth-order valence-electron chi connectivity index (χ4n) is 1.94. The van der Waals surface area contributed by atoms with Crippen LogP contribution in [0.15, 0.2) is 40.2 Å². The summed E-state index contributed by atoms with van der Waals surface area (Å²) in [6.45, 7) is 1.26. The highest BCUT2D eigenvalue weighted by Crippen LogP contribution is 2.19. The zero-order valence-corrected chi connectivity index (χ0v) is 15.9. The van der Waals surface area contributed by atoms with Gasteiger partial charge in [-0.05, 0) is 42.1 Å². The number of carbonyl (C=O) groups is 3. The lowest BCUT2D eigenvalue weighted by Gasteiger charge is -2.10. The maximum absolute atomic E-state index is 11.9. The summed E-state index contributed by atoms with van der Waals surface area (Å²) in [6, 6.07) is 9.12. The van der Waals surface area contributed by atoms with Crippen LogP contribution in [0.3, 0.4) is 0 Å². The maximum Gasteiger partial charge on any atom is 0.311 e. The molecule has 8 heteroatoms. The molecule has 0 atom stereocenters. The summed E-state index contributed by atoms with van der Waals surface area (Å²) < 4.78 is 5.80. The normalized spacial score (nSPS) is 10.2.